The molecule has 2 aliphatic heterocycles. The van der Waals surface area contributed by atoms with Crippen molar-refractivity contribution in [1.29, 1.82) is 0 Å². The molecule has 0 aromatic carbocycles. The first kappa shape index (κ1) is 11.4. The molecule has 1 aromatic heterocycles. The van der Waals surface area contributed by atoms with Gasteiger partial charge < -0.3 is 9.80 Å². The highest BCUT2D eigenvalue weighted by atomic mass is 79.9. The molecule has 2 bridgehead atoms. The zero-order chi connectivity index (χ0) is 12.0. The number of fused-ring (bicyclic) bond motifs is 2. The summed E-state index contributed by atoms with van der Waals surface area (Å²) in [5.74, 6) is 0.204. The summed E-state index contributed by atoms with van der Waals surface area (Å²) < 4.78 is 0.814. The molecule has 0 N–H and O–H groups in total. The van der Waals surface area contributed by atoms with Gasteiger partial charge in [0.2, 0.25) is 11.0 Å². The Morgan fingerprint density at radius 2 is 2.00 bits per heavy atom. The molecular weight excluding hydrogens is 304 g/mol. The third-order valence-corrected chi connectivity index (χ3v) is 4.92. The lowest BCUT2D eigenvalue weighted by Gasteiger charge is -2.40. The lowest BCUT2D eigenvalue weighted by atomic mass is 10.2. The van der Waals surface area contributed by atoms with Crippen molar-refractivity contribution in [3.8, 4) is 0 Å². The van der Waals surface area contributed by atoms with Gasteiger partial charge in [0.25, 0.3) is 0 Å². The molecule has 92 valence electrons. The number of anilines is 1. The van der Waals surface area contributed by atoms with Crippen LogP contribution in [-0.4, -0.2) is 46.2 Å². The lowest BCUT2D eigenvalue weighted by Crippen LogP contribution is -2.55. The van der Waals surface area contributed by atoms with Gasteiger partial charge in [-0.05, 0) is 28.8 Å². The molecule has 17 heavy (non-hydrogen) atoms. The van der Waals surface area contributed by atoms with Crippen LogP contribution in [0.2, 0.25) is 0 Å². The molecular formula is C10H13BrN4OS. The second-order valence-electron chi connectivity index (χ2n) is 4.55. The molecule has 0 aliphatic carbocycles. The number of aromatic nitrogens is 2. The van der Waals surface area contributed by atoms with Crippen LogP contribution in [0.1, 0.15) is 19.8 Å². The molecule has 2 fully saturated rings. The molecule has 3 rings (SSSR count). The number of rotatable bonds is 1. The summed E-state index contributed by atoms with van der Waals surface area (Å²) in [6.45, 7) is 3.44. The number of halogens is 1. The fourth-order valence-electron chi connectivity index (χ4n) is 2.90. The Morgan fingerprint density at radius 3 is 2.47 bits per heavy atom. The van der Waals surface area contributed by atoms with Gasteiger partial charge in [-0.25, -0.2) is 0 Å². The van der Waals surface area contributed by atoms with Crippen molar-refractivity contribution in [2.24, 2.45) is 0 Å². The van der Waals surface area contributed by atoms with E-state index in [2.05, 4.69) is 31.0 Å². The van der Waals surface area contributed by atoms with Crippen LogP contribution in [0.25, 0.3) is 0 Å². The third-order valence-electron chi connectivity index (χ3n) is 3.51. The van der Waals surface area contributed by atoms with Gasteiger partial charge >= 0.3 is 0 Å². The van der Waals surface area contributed by atoms with E-state index in [0.717, 1.165) is 35.0 Å². The summed E-state index contributed by atoms with van der Waals surface area (Å²) in [5, 5.41) is 9.09. The number of amides is 1. The van der Waals surface area contributed by atoms with Crippen molar-refractivity contribution in [2.45, 2.75) is 31.8 Å². The van der Waals surface area contributed by atoms with Crippen molar-refractivity contribution in [1.82, 2.24) is 15.1 Å². The molecule has 0 saturated carbocycles. The molecule has 1 aromatic rings. The summed E-state index contributed by atoms with van der Waals surface area (Å²) in [7, 11) is 0. The van der Waals surface area contributed by atoms with Gasteiger partial charge in [-0.1, -0.05) is 11.3 Å². The van der Waals surface area contributed by atoms with Crippen LogP contribution in [0.5, 0.6) is 0 Å². The molecule has 5 nitrogen and oxygen atoms in total. The predicted molar refractivity (Wildman–Crippen MR) is 69.2 cm³/mol. The number of carbonyl (C=O) groups excluding carboxylic acids is 1. The summed E-state index contributed by atoms with van der Waals surface area (Å²) in [4.78, 5) is 15.9. The first-order chi connectivity index (χ1) is 8.15. The standard InChI is InChI=1S/C10H13BrN4OS/c1-6(16)15-7-2-3-8(15)5-14(4-7)10-13-12-9(11)17-10/h7-8H,2-5H2,1H3. The van der Waals surface area contributed by atoms with E-state index in [9.17, 15) is 4.79 Å². The normalized spacial score (nSPS) is 27.6. The summed E-state index contributed by atoms with van der Waals surface area (Å²) in [6, 6.07) is 0.711. The minimum atomic E-state index is 0.204. The molecule has 0 radical (unpaired) electrons. The van der Waals surface area contributed by atoms with E-state index in [1.165, 1.54) is 0 Å². The largest absolute Gasteiger partial charge is 0.343 e. The maximum Gasteiger partial charge on any atom is 0.220 e. The summed E-state index contributed by atoms with van der Waals surface area (Å²) in [6.07, 6.45) is 2.22. The smallest absolute Gasteiger partial charge is 0.220 e. The average Bonchev–Trinajstić information content (AvgIpc) is 2.81. The molecule has 2 atom stereocenters. The second-order valence-corrected chi connectivity index (χ2v) is 6.79. The molecule has 1 amide bonds. The van der Waals surface area contributed by atoms with Gasteiger partial charge in [0.05, 0.1) is 0 Å². The van der Waals surface area contributed by atoms with Crippen LogP contribution < -0.4 is 4.90 Å². The fraction of sp³-hybridized carbons (Fsp3) is 0.700. The predicted octanol–water partition coefficient (Wildman–Crippen LogP) is 1.50. The van der Waals surface area contributed by atoms with Crippen LogP contribution in [0.15, 0.2) is 3.92 Å². The highest BCUT2D eigenvalue weighted by Crippen LogP contribution is 2.34. The quantitative estimate of drug-likeness (QED) is 0.788. The highest BCUT2D eigenvalue weighted by molar-refractivity contribution is 9.11. The van der Waals surface area contributed by atoms with E-state index in [1.54, 1.807) is 18.3 Å². The van der Waals surface area contributed by atoms with Crippen LogP contribution in [0, 0.1) is 0 Å². The molecule has 7 heteroatoms. The van der Waals surface area contributed by atoms with Gasteiger partial charge in [-0.15, -0.1) is 10.2 Å². The van der Waals surface area contributed by atoms with E-state index in [1.807, 2.05) is 4.90 Å². The average molecular weight is 317 g/mol. The zero-order valence-electron chi connectivity index (χ0n) is 9.47. The maximum atomic E-state index is 11.6. The van der Waals surface area contributed by atoms with Crippen molar-refractivity contribution in [2.75, 3.05) is 18.0 Å². The zero-order valence-corrected chi connectivity index (χ0v) is 11.9. The van der Waals surface area contributed by atoms with Crippen LogP contribution in [-0.2, 0) is 4.79 Å². The van der Waals surface area contributed by atoms with Gasteiger partial charge in [0.1, 0.15) is 0 Å². The number of piperazine rings is 1. The Labute approximate surface area is 112 Å². The number of nitrogens with zero attached hydrogens (tertiary/aromatic N) is 4. The first-order valence-electron chi connectivity index (χ1n) is 5.68. The minimum absolute atomic E-state index is 0.204. The van der Waals surface area contributed by atoms with Gasteiger partial charge in [-0.2, -0.15) is 0 Å². The third kappa shape index (κ3) is 1.95. The monoisotopic (exact) mass is 316 g/mol. The number of hydrogen-bond acceptors (Lipinski definition) is 5. The van der Waals surface area contributed by atoms with Gasteiger partial charge in [-0.3, -0.25) is 4.79 Å². The first-order valence-corrected chi connectivity index (χ1v) is 7.29. The Bertz CT molecular complexity index is 437. The molecule has 3 heterocycles. The van der Waals surface area contributed by atoms with E-state index in [0.29, 0.717) is 12.1 Å². The van der Waals surface area contributed by atoms with E-state index >= 15 is 0 Å². The summed E-state index contributed by atoms with van der Waals surface area (Å²) >= 11 is 4.89. The maximum absolute atomic E-state index is 11.6. The van der Waals surface area contributed by atoms with Crippen molar-refractivity contribution >= 4 is 38.3 Å². The molecule has 0 spiro atoms. The van der Waals surface area contributed by atoms with Crippen molar-refractivity contribution < 1.29 is 4.79 Å². The Kier molecular flexibility index (Phi) is 2.82. The van der Waals surface area contributed by atoms with E-state index in [4.69, 9.17) is 0 Å². The Morgan fingerprint density at radius 1 is 1.35 bits per heavy atom. The molecule has 2 aliphatic rings. The van der Waals surface area contributed by atoms with Gasteiger partial charge in [0, 0.05) is 32.1 Å². The van der Waals surface area contributed by atoms with Crippen molar-refractivity contribution in [3.05, 3.63) is 3.92 Å². The van der Waals surface area contributed by atoms with E-state index < -0.39 is 0 Å². The van der Waals surface area contributed by atoms with Crippen molar-refractivity contribution in [3.63, 3.8) is 0 Å². The second kappa shape index (κ2) is 4.20. The van der Waals surface area contributed by atoms with Crippen LogP contribution >= 0.6 is 27.3 Å². The summed E-state index contributed by atoms with van der Waals surface area (Å²) in [5.41, 5.74) is 0. The fourth-order valence-corrected chi connectivity index (χ4v) is 4.01. The number of carbonyl (C=O) groups is 1. The SMILES string of the molecule is CC(=O)N1C2CCC1CN(c1nnc(Br)s1)C2. The topological polar surface area (TPSA) is 49.3 Å². The van der Waals surface area contributed by atoms with Gasteiger partial charge in [0.15, 0.2) is 3.92 Å². The Balaban J connectivity index is 1.80. The van der Waals surface area contributed by atoms with Crippen LogP contribution in [0.4, 0.5) is 5.13 Å². The highest BCUT2D eigenvalue weighted by Gasteiger charge is 2.41. The molecule has 2 saturated heterocycles. The lowest BCUT2D eigenvalue weighted by molar-refractivity contribution is -0.132. The minimum Gasteiger partial charge on any atom is -0.343 e. The van der Waals surface area contributed by atoms with E-state index in [-0.39, 0.29) is 5.91 Å². The number of hydrogen-bond donors (Lipinski definition) is 0. The Hall–Kier alpha value is -0.690. The molecule has 2 unspecified atom stereocenters. The van der Waals surface area contributed by atoms with Crippen LogP contribution in [0.3, 0.4) is 0 Å².